The molecule has 0 radical (unpaired) electrons. The van der Waals surface area contributed by atoms with Crippen LogP contribution in [-0.2, 0) is 10.1 Å². The molecule has 0 aliphatic heterocycles. The number of aromatic nitrogens is 3. The lowest BCUT2D eigenvalue weighted by atomic mass is 10.0. The molecule has 9 heteroatoms. The van der Waals surface area contributed by atoms with Crippen molar-refractivity contribution in [2.24, 2.45) is 0 Å². The number of hydrogen-bond donors (Lipinski definition) is 0. The van der Waals surface area contributed by atoms with Crippen LogP contribution in [0.15, 0.2) is 29.8 Å². The second-order valence-electron chi connectivity index (χ2n) is 4.80. The normalized spacial score (nSPS) is 10.7. The van der Waals surface area contributed by atoms with Crippen molar-refractivity contribution >= 4 is 44.8 Å². The molecule has 0 unspecified atom stereocenters. The van der Waals surface area contributed by atoms with Gasteiger partial charge in [0.25, 0.3) is 0 Å². The lowest BCUT2D eigenvalue weighted by molar-refractivity contribution is 0.0600. The summed E-state index contributed by atoms with van der Waals surface area (Å²) in [6.45, 7) is 0. The number of nitrogens with zero attached hydrogens (tertiary/aromatic N) is 3. The molecule has 0 bridgehead atoms. The molecule has 0 fully saturated rings. The van der Waals surface area contributed by atoms with E-state index in [9.17, 15) is 9.18 Å². The monoisotopic (exact) mass is 441 g/mol. The number of ether oxygens (including phenoxy) is 1. The minimum absolute atomic E-state index is 0.134. The Morgan fingerprint density at radius 2 is 2.20 bits per heavy atom. The Morgan fingerprint density at radius 1 is 1.40 bits per heavy atom. The van der Waals surface area contributed by atoms with E-state index in [1.54, 1.807) is 11.6 Å². The summed E-state index contributed by atoms with van der Waals surface area (Å²) in [5.41, 5.74) is 1.29. The molecule has 5 nitrogen and oxygen atoms in total. The zero-order valence-corrected chi connectivity index (χ0v) is 16.0. The summed E-state index contributed by atoms with van der Waals surface area (Å²) in [6, 6.07) is 3.88. The molecule has 0 aliphatic rings. The first-order valence-electron chi connectivity index (χ1n) is 6.95. The van der Waals surface area contributed by atoms with Crippen LogP contribution in [-0.4, -0.2) is 28.0 Å². The van der Waals surface area contributed by atoms with Crippen molar-refractivity contribution in [1.29, 1.82) is 0 Å². The van der Waals surface area contributed by atoms with Crippen LogP contribution in [0.4, 0.5) is 4.39 Å². The van der Waals surface area contributed by atoms with Gasteiger partial charge in [-0.15, -0.1) is 11.3 Å². The van der Waals surface area contributed by atoms with Crippen molar-refractivity contribution in [3.8, 4) is 22.1 Å². The van der Waals surface area contributed by atoms with Crippen LogP contribution < -0.4 is 0 Å². The number of rotatable bonds is 4. The highest BCUT2D eigenvalue weighted by Gasteiger charge is 2.24. The summed E-state index contributed by atoms with van der Waals surface area (Å²) in [5.74, 6) is -0.730. The Kier molecular flexibility index (Phi) is 5.41. The molecular formula is C16H10BrClFN3O2S. The summed E-state index contributed by atoms with van der Waals surface area (Å²) in [4.78, 5) is 25.4. The minimum Gasteiger partial charge on any atom is -0.465 e. The Balaban J connectivity index is 2.33. The fraction of sp³-hybridized carbons (Fsp3) is 0.125. The predicted molar refractivity (Wildman–Crippen MR) is 97.5 cm³/mol. The number of methoxy groups -OCH3 is 1. The first-order chi connectivity index (χ1) is 12.0. The molecule has 25 heavy (non-hydrogen) atoms. The van der Waals surface area contributed by atoms with Crippen LogP contribution in [0.3, 0.4) is 0 Å². The SMILES string of the molecule is COC(=O)c1c(CBr)nc(-c2nccs2)nc1-c1ccc(F)cc1Cl. The van der Waals surface area contributed by atoms with E-state index in [2.05, 4.69) is 30.9 Å². The number of thiazole rings is 1. The summed E-state index contributed by atoms with van der Waals surface area (Å²) in [5, 5.41) is 2.82. The van der Waals surface area contributed by atoms with E-state index in [0.29, 0.717) is 27.4 Å². The second kappa shape index (κ2) is 7.55. The molecule has 0 aliphatic carbocycles. The Labute approximate surface area is 160 Å². The van der Waals surface area contributed by atoms with E-state index in [-0.39, 0.29) is 16.3 Å². The van der Waals surface area contributed by atoms with Gasteiger partial charge in [0.15, 0.2) is 10.8 Å². The number of carbonyl (C=O) groups excluding carboxylic acids is 1. The van der Waals surface area contributed by atoms with Gasteiger partial charge in [-0.05, 0) is 18.2 Å². The van der Waals surface area contributed by atoms with E-state index in [1.165, 1.54) is 30.6 Å². The lowest BCUT2D eigenvalue weighted by Crippen LogP contribution is -2.12. The molecule has 2 heterocycles. The van der Waals surface area contributed by atoms with Crippen LogP contribution >= 0.6 is 38.9 Å². The molecular weight excluding hydrogens is 433 g/mol. The predicted octanol–water partition coefficient (Wildman–Crippen LogP) is 4.74. The van der Waals surface area contributed by atoms with Gasteiger partial charge in [-0.25, -0.2) is 24.1 Å². The van der Waals surface area contributed by atoms with Gasteiger partial charge in [-0.3, -0.25) is 0 Å². The van der Waals surface area contributed by atoms with Gasteiger partial charge < -0.3 is 4.74 Å². The summed E-state index contributed by atoms with van der Waals surface area (Å²) >= 11 is 10.9. The molecule has 0 saturated carbocycles. The Morgan fingerprint density at radius 3 is 2.80 bits per heavy atom. The number of benzene rings is 1. The summed E-state index contributed by atoms with van der Waals surface area (Å²) in [7, 11) is 1.27. The van der Waals surface area contributed by atoms with E-state index in [0.717, 1.165) is 6.07 Å². The number of hydrogen-bond acceptors (Lipinski definition) is 6. The van der Waals surface area contributed by atoms with Crippen LogP contribution in [0.2, 0.25) is 5.02 Å². The highest BCUT2D eigenvalue weighted by Crippen LogP contribution is 2.33. The zero-order chi connectivity index (χ0) is 18.0. The molecule has 0 atom stereocenters. The highest BCUT2D eigenvalue weighted by atomic mass is 79.9. The summed E-state index contributed by atoms with van der Waals surface area (Å²) in [6.07, 6.45) is 1.63. The molecule has 1 aromatic carbocycles. The first-order valence-corrected chi connectivity index (χ1v) is 9.33. The van der Waals surface area contributed by atoms with Gasteiger partial charge in [-0.1, -0.05) is 27.5 Å². The standard InChI is InChI=1S/C16H10BrClFN3O2S/c1-24-16(23)12-11(7-17)21-14(15-20-4-5-25-15)22-13(12)9-3-2-8(19)6-10(9)18/h2-6H,7H2,1H3. The number of alkyl halides is 1. The van der Waals surface area contributed by atoms with E-state index < -0.39 is 11.8 Å². The molecule has 3 aromatic rings. The van der Waals surface area contributed by atoms with Crippen LogP contribution in [0.5, 0.6) is 0 Å². The summed E-state index contributed by atoms with van der Waals surface area (Å²) < 4.78 is 18.3. The third kappa shape index (κ3) is 3.56. The molecule has 3 rings (SSSR count). The number of halogens is 3. The van der Waals surface area contributed by atoms with Crippen molar-refractivity contribution in [3.63, 3.8) is 0 Å². The maximum absolute atomic E-state index is 13.4. The fourth-order valence-corrected chi connectivity index (χ4v) is 3.46. The quantitative estimate of drug-likeness (QED) is 0.431. The molecule has 0 spiro atoms. The van der Waals surface area contributed by atoms with Crippen molar-refractivity contribution < 1.29 is 13.9 Å². The van der Waals surface area contributed by atoms with Crippen molar-refractivity contribution in [2.75, 3.05) is 7.11 Å². The molecule has 0 N–H and O–H groups in total. The Bertz CT molecular complexity index is 937. The number of esters is 1. The zero-order valence-electron chi connectivity index (χ0n) is 12.8. The molecule has 2 aromatic heterocycles. The smallest absolute Gasteiger partial charge is 0.341 e. The van der Waals surface area contributed by atoms with E-state index in [1.807, 2.05) is 0 Å². The van der Waals surface area contributed by atoms with E-state index in [4.69, 9.17) is 16.3 Å². The average molecular weight is 443 g/mol. The highest BCUT2D eigenvalue weighted by molar-refractivity contribution is 9.08. The maximum Gasteiger partial charge on any atom is 0.341 e. The topological polar surface area (TPSA) is 65.0 Å². The van der Waals surface area contributed by atoms with Gasteiger partial charge in [0.1, 0.15) is 11.4 Å². The van der Waals surface area contributed by atoms with Gasteiger partial charge in [0, 0.05) is 22.5 Å². The number of carbonyl (C=O) groups is 1. The van der Waals surface area contributed by atoms with Gasteiger partial charge in [-0.2, -0.15) is 0 Å². The van der Waals surface area contributed by atoms with Crippen molar-refractivity contribution in [2.45, 2.75) is 5.33 Å². The third-order valence-electron chi connectivity index (χ3n) is 3.31. The van der Waals surface area contributed by atoms with Gasteiger partial charge in [0.05, 0.1) is 23.5 Å². The second-order valence-corrected chi connectivity index (χ2v) is 6.67. The largest absolute Gasteiger partial charge is 0.465 e. The van der Waals surface area contributed by atoms with Crippen LogP contribution in [0.1, 0.15) is 16.1 Å². The molecule has 128 valence electrons. The average Bonchev–Trinajstić information content (AvgIpc) is 3.14. The van der Waals surface area contributed by atoms with Crippen molar-refractivity contribution in [3.05, 3.63) is 51.9 Å². The Hall–Kier alpha value is -1.90. The van der Waals surface area contributed by atoms with E-state index >= 15 is 0 Å². The molecule has 0 amide bonds. The van der Waals surface area contributed by atoms with Gasteiger partial charge in [0.2, 0.25) is 0 Å². The first kappa shape index (κ1) is 17.9. The van der Waals surface area contributed by atoms with Crippen LogP contribution in [0.25, 0.3) is 22.1 Å². The minimum atomic E-state index is -0.601. The lowest BCUT2D eigenvalue weighted by Gasteiger charge is -2.13. The maximum atomic E-state index is 13.4. The molecule has 0 saturated heterocycles. The van der Waals surface area contributed by atoms with Crippen molar-refractivity contribution in [1.82, 2.24) is 15.0 Å². The third-order valence-corrected chi connectivity index (χ3v) is 4.92. The van der Waals surface area contributed by atoms with Gasteiger partial charge >= 0.3 is 5.97 Å². The van der Waals surface area contributed by atoms with Crippen LogP contribution in [0, 0.1) is 5.82 Å². The fourth-order valence-electron chi connectivity index (χ4n) is 2.23.